The predicted molar refractivity (Wildman–Crippen MR) is 128 cm³/mol. The van der Waals surface area contributed by atoms with Gasteiger partial charge in [0, 0.05) is 24.7 Å². The van der Waals surface area contributed by atoms with Crippen LogP contribution in [0.5, 0.6) is 0 Å². The zero-order chi connectivity index (χ0) is 23.8. The number of fused-ring (bicyclic) bond motifs is 2. The number of pyridine rings is 1. The monoisotopic (exact) mass is 479 g/mol. The molecule has 0 radical (unpaired) electrons. The van der Waals surface area contributed by atoms with Crippen molar-refractivity contribution >= 4 is 51.0 Å². The van der Waals surface area contributed by atoms with Gasteiger partial charge in [-0.2, -0.15) is 0 Å². The van der Waals surface area contributed by atoms with Crippen molar-refractivity contribution in [2.75, 3.05) is 31.6 Å². The molecule has 0 aliphatic carbocycles. The molecule has 4 N–H and O–H groups in total. The Hall–Kier alpha value is -3.76. The number of carbonyl (C=O) groups is 2. The molecule has 0 saturated carbocycles. The van der Waals surface area contributed by atoms with E-state index in [1.54, 1.807) is 11.0 Å². The van der Waals surface area contributed by atoms with Crippen LogP contribution in [-0.4, -0.2) is 63.0 Å². The highest BCUT2D eigenvalue weighted by Crippen LogP contribution is 2.31. The fourth-order valence-electron chi connectivity index (χ4n) is 4.13. The first-order valence-corrected chi connectivity index (χ1v) is 11.2. The van der Waals surface area contributed by atoms with Crippen LogP contribution in [0.3, 0.4) is 0 Å². The quantitative estimate of drug-likeness (QED) is 0.400. The lowest BCUT2D eigenvalue weighted by Gasteiger charge is -2.27. The minimum absolute atomic E-state index is 0.193. The Bertz CT molecular complexity index is 1410. The molecular weight excluding hydrogens is 458 g/mol. The summed E-state index contributed by atoms with van der Waals surface area (Å²) >= 11 is 6.49. The number of nitrogens with one attached hydrogen (secondary N) is 2. The first kappa shape index (κ1) is 22.1. The van der Waals surface area contributed by atoms with E-state index in [0.29, 0.717) is 65.0 Å². The number of nitrogens with two attached hydrogens (primary N) is 1. The Balaban J connectivity index is 1.57. The van der Waals surface area contributed by atoms with E-state index in [0.717, 1.165) is 5.39 Å². The Kier molecular flexibility index (Phi) is 5.76. The Labute approximate surface area is 199 Å². The van der Waals surface area contributed by atoms with Gasteiger partial charge in [-0.15, -0.1) is 0 Å². The lowest BCUT2D eigenvalue weighted by molar-refractivity contribution is 0.0300. The second-order valence-electron chi connectivity index (χ2n) is 8.02. The van der Waals surface area contributed by atoms with Gasteiger partial charge in [-0.05, 0) is 24.4 Å². The van der Waals surface area contributed by atoms with Crippen LogP contribution in [-0.2, 0) is 4.74 Å². The summed E-state index contributed by atoms with van der Waals surface area (Å²) in [6.07, 6.45) is 2.90. The number of anilines is 1. The number of amides is 2. The molecule has 2 amide bonds. The molecule has 3 aromatic heterocycles. The number of benzene rings is 1. The number of hydrogen-bond donors (Lipinski definition) is 3. The van der Waals surface area contributed by atoms with E-state index in [1.807, 2.05) is 25.1 Å². The SMILES string of the molecule is C[C@H](Nc1ncnc2[nH]cc(C(N)=O)c12)c1cc2cccc(Cl)c2c(C(=O)N2CCOCC2)n1. The highest BCUT2D eigenvalue weighted by atomic mass is 35.5. The molecule has 10 nitrogen and oxygen atoms in total. The van der Waals surface area contributed by atoms with Crippen molar-refractivity contribution in [1.82, 2.24) is 24.8 Å². The number of hydrogen-bond acceptors (Lipinski definition) is 7. The topological polar surface area (TPSA) is 139 Å². The molecule has 1 aliphatic rings. The molecule has 1 saturated heterocycles. The van der Waals surface area contributed by atoms with Gasteiger partial charge in [0.15, 0.2) is 0 Å². The molecule has 174 valence electrons. The van der Waals surface area contributed by atoms with Gasteiger partial charge in [0.1, 0.15) is 23.5 Å². The van der Waals surface area contributed by atoms with E-state index in [4.69, 9.17) is 27.1 Å². The second-order valence-corrected chi connectivity index (χ2v) is 8.42. The number of nitrogens with zero attached hydrogens (tertiary/aromatic N) is 4. The molecule has 1 fully saturated rings. The van der Waals surface area contributed by atoms with Gasteiger partial charge in [0.05, 0.1) is 40.9 Å². The standard InChI is InChI=1S/C23H22ClN7O3/c1-12(29-22-18-14(20(25)32)10-26-21(18)27-11-28-22)16-9-13-3-2-4-15(24)17(13)19(30-16)23(33)31-5-7-34-8-6-31/h2-4,9-12H,5-8H2,1H3,(H2,25,32)(H2,26,27,28,29)/t12-/m0/s1. The number of carbonyl (C=O) groups excluding carboxylic acids is 2. The highest BCUT2D eigenvalue weighted by Gasteiger charge is 2.25. The fourth-order valence-corrected chi connectivity index (χ4v) is 4.40. The normalized spacial score (nSPS) is 14.9. The summed E-state index contributed by atoms with van der Waals surface area (Å²) in [7, 11) is 0. The van der Waals surface area contributed by atoms with Crippen LogP contribution in [0.1, 0.15) is 39.5 Å². The number of morpholine rings is 1. The van der Waals surface area contributed by atoms with Crippen LogP contribution in [0.15, 0.2) is 36.8 Å². The minimum atomic E-state index is -0.589. The maximum atomic E-state index is 13.4. The number of rotatable bonds is 5. The molecule has 0 unspecified atom stereocenters. The molecule has 1 aliphatic heterocycles. The van der Waals surface area contributed by atoms with Crippen molar-refractivity contribution in [3.63, 3.8) is 0 Å². The fraction of sp³-hybridized carbons (Fsp3) is 0.261. The first-order valence-electron chi connectivity index (χ1n) is 10.8. The van der Waals surface area contributed by atoms with Crippen molar-refractivity contribution in [2.45, 2.75) is 13.0 Å². The molecule has 4 heterocycles. The van der Waals surface area contributed by atoms with E-state index in [1.165, 1.54) is 12.5 Å². The Morgan fingerprint density at radius 2 is 2.03 bits per heavy atom. The van der Waals surface area contributed by atoms with Crippen molar-refractivity contribution in [3.8, 4) is 0 Å². The van der Waals surface area contributed by atoms with E-state index in [2.05, 4.69) is 20.3 Å². The molecule has 0 spiro atoms. The molecule has 1 atom stereocenters. The van der Waals surface area contributed by atoms with Crippen molar-refractivity contribution < 1.29 is 14.3 Å². The number of halogens is 1. The molecule has 34 heavy (non-hydrogen) atoms. The number of H-pyrrole nitrogens is 1. The zero-order valence-corrected chi connectivity index (χ0v) is 19.1. The number of ether oxygens (including phenoxy) is 1. The van der Waals surface area contributed by atoms with Crippen LogP contribution in [0.25, 0.3) is 21.8 Å². The third-order valence-electron chi connectivity index (χ3n) is 5.86. The van der Waals surface area contributed by atoms with Crippen LogP contribution < -0.4 is 11.1 Å². The van der Waals surface area contributed by atoms with Crippen molar-refractivity contribution in [2.24, 2.45) is 5.73 Å². The molecule has 1 aromatic carbocycles. The first-order chi connectivity index (χ1) is 16.4. The van der Waals surface area contributed by atoms with E-state index >= 15 is 0 Å². The minimum Gasteiger partial charge on any atom is -0.378 e. The summed E-state index contributed by atoms with van der Waals surface area (Å²) in [6, 6.07) is 7.00. The highest BCUT2D eigenvalue weighted by molar-refractivity contribution is 6.36. The van der Waals surface area contributed by atoms with E-state index in [9.17, 15) is 9.59 Å². The largest absolute Gasteiger partial charge is 0.378 e. The van der Waals surface area contributed by atoms with Gasteiger partial charge in [-0.25, -0.2) is 15.0 Å². The zero-order valence-electron chi connectivity index (χ0n) is 18.3. The third kappa shape index (κ3) is 3.91. The average molecular weight is 480 g/mol. The summed E-state index contributed by atoms with van der Waals surface area (Å²) in [4.78, 5) is 43.1. The van der Waals surface area contributed by atoms with E-state index < -0.39 is 5.91 Å². The van der Waals surface area contributed by atoms with Crippen LogP contribution in [0, 0.1) is 0 Å². The van der Waals surface area contributed by atoms with Gasteiger partial charge in [-0.1, -0.05) is 23.7 Å². The Morgan fingerprint density at radius 1 is 1.24 bits per heavy atom. The van der Waals surface area contributed by atoms with Gasteiger partial charge >= 0.3 is 0 Å². The molecule has 11 heteroatoms. The molecular formula is C23H22ClN7O3. The molecule has 5 rings (SSSR count). The van der Waals surface area contributed by atoms with Crippen LogP contribution in [0.4, 0.5) is 5.82 Å². The van der Waals surface area contributed by atoms with Gasteiger partial charge < -0.3 is 25.7 Å². The molecule has 4 aromatic rings. The number of primary amides is 1. The third-order valence-corrected chi connectivity index (χ3v) is 6.17. The molecule has 0 bridgehead atoms. The maximum Gasteiger partial charge on any atom is 0.273 e. The van der Waals surface area contributed by atoms with Crippen LogP contribution in [0.2, 0.25) is 5.02 Å². The second kappa shape index (κ2) is 8.88. The van der Waals surface area contributed by atoms with Gasteiger partial charge in [0.25, 0.3) is 11.8 Å². The summed E-state index contributed by atoms with van der Waals surface area (Å²) < 4.78 is 5.38. The van der Waals surface area contributed by atoms with E-state index in [-0.39, 0.29) is 17.5 Å². The lowest BCUT2D eigenvalue weighted by Crippen LogP contribution is -2.41. The van der Waals surface area contributed by atoms with Crippen molar-refractivity contribution in [1.29, 1.82) is 0 Å². The number of aromatic nitrogens is 4. The smallest absolute Gasteiger partial charge is 0.273 e. The van der Waals surface area contributed by atoms with Crippen molar-refractivity contribution in [3.05, 3.63) is 58.8 Å². The summed E-state index contributed by atoms with van der Waals surface area (Å²) in [5.74, 6) is -0.350. The van der Waals surface area contributed by atoms with Crippen LogP contribution >= 0.6 is 11.6 Å². The lowest BCUT2D eigenvalue weighted by atomic mass is 10.0. The predicted octanol–water partition coefficient (Wildman–Crippen LogP) is 2.90. The summed E-state index contributed by atoms with van der Waals surface area (Å²) in [5, 5.41) is 5.66. The number of aromatic amines is 1. The van der Waals surface area contributed by atoms with Gasteiger partial charge in [-0.3, -0.25) is 9.59 Å². The maximum absolute atomic E-state index is 13.4. The average Bonchev–Trinajstić information content (AvgIpc) is 3.29. The Morgan fingerprint density at radius 3 is 2.79 bits per heavy atom. The summed E-state index contributed by atoms with van der Waals surface area (Å²) in [5.41, 5.74) is 7.20. The van der Waals surface area contributed by atoms with Gasteiger partial charge in [0.2, 0.25) is 0 Å². The summed E-state index contributed by atoms with van der Waals surface area (Å²) in [6.45, 7) is 3.85.